The third-order valence-electron chi connectivity index (χ3n) is 4.96. The Morgan fingerprint density at radius 1 is 1.18 bits per heavy atom. The normalized spacial score (nSPS) is 16.5. The number of carbonyl (C=O) groups excluding carboxylic acids is 1. The molecule has 2 aliphatic carbocycles. The molecule has 3 aromatic rings. The standard InChI is InChI=1S/C18H18N6O3S/c1-23-13(26)7-6-11(21-23)19-12(25)8-24-18(27)16-15(14(22-24)9-2-3-9)20-17(28-16)10-4-5-10/h6-7,9-10H,2-5,8H2,1H3,(H,19,21,25). The van der Waals surface area contributed by atoms with Gasteiger partial charge < -0.3 is 5.32 Å². The molecule has 0 spiro atoms. The van der Waals surface area contributed by atoms with Gasteiger partial charge in [-0.3, -0.25) is 14.4 Å². The van der Waals surface area contributed by atoms with Gasteiger partial charge in [0.05, 0.1) is 10.7 Å². The number of amides is 1. The number of nitrogens with zero attached hydrogens (tertiary/aromatic N) is 5. The Kier molecular flexibility index (Phi) is 3.90. The number of rotatable bonds is 5. The Hall–Kier alpha value is -2.88. The highest BCUT2D eigenvalue weighted by atomic mass is 32.1. The minimum absolute atomic E-state index is 0.213. The van der Waals surface area contributed by atoms with Gasteiger partial charge in [-0.05, 0) is 31.7 Å². The second-order valence-corrected chi connectivity index (χ2v) is 8.39. The highest BCUT2D eigenvalue weighted by molar-refractivity contribution is 7.18. The van der Waals surface area contributed by atoms with Crippen LogP contribution in [0.15, 0.2) is 21.7 Å². The Bertz CT molecular complexity index is 1220. The maximum atomic E-state index is 12.9. The molecule has 9 nitrogen and oxygen atoms in total. The van der Waals surface area contributed by atoms with E-state index < -0.39 is 5.91 Å². The summed E-state index contributed by atoms with van der Waals surface area (Å²) in [6.45, 7) is -0.213. The van der Waals surface area contributed by atoms with Crippen LogP contribution in [-0.4, -0.2) is 30.5 Å². The van der Waals surface area contributed by atoms with Crippen LogP contribution in [0.3, 0.4) is 0 Å². The Morgan fingerprint density at radius 2 is 1.93 bits per heavy atom. The van der Waals surface area contributed by atoms with Crippen LogP contribution in [0.25, 0.3) is 10.2 Å². The van der Waals surface area contributed by atoms with E-state index in [1.165, 1.54) is 35.2 Å². The summed E-state index contributed by atoms with van der Waals surface area (Å²) in [5, 5.41) is 12.1. The molecule has 3 aromatic heterocycles. The molecule has 3 heterocycles. The van der Waals surface area contributed by atoms with Crippen molar-refractivity contribution in [2.75, 3.05) is 5.32 Å². The second kappa shape index (κ2) is 6.33. The first kappa shape index (κ1) is 17.2. The lowest BCUT2D eigenvalue weighted by atomic mass is 10.2. The number of carbonyl (C=O) groups is 1. The van der Waals surface area contributed by atoms with E-state index in [2.05, 4.69) is 15.5 Å². The predicted octanol–water partition coefficient (Wildman–Crippen LogP) is 1.34. The number of nitrogens with one attached hydrogen (secondary N) is 1. The molecule has 28 heavy (non-hydrogen) atoms. The average molecular weight is 398 g/mol. The molecule has 1 amide bonds. The maximum Gasteiger partial charge on any atom is 0.286 e. The Morgan fingerprint density at radius 3 is 2.61 bits per heavy atom. The molecule has 144 valence electrons. The minimum atomic E-state index is -0.422. The molecule has 2 aliphatic rings. The van der Waals surface area contributed by atoms with Crippen molar-refractivity contribution < 1.29 is 4.79 Å². The van der Waals surface area contributed by atoms with Gasteiger partial charge in [0.2, 0.25) is 5.91 Å². The minimum Gasteiger partial charge on any atom is -0.308 e. The summed E-state index contributed by atoms with van der Waals surface area (Å²) in [7, 11) is 1.50. The van der Waals surface area contributed by atoms with Crippen molar-refractivity contribution in [2.24, 2.45) is 7.05 Å². The molecule has 1 N–H and O–H groups in total. The summed E-state index contributed by atoms with van der Waals surface area (Å²) in [5.41, 5.74) is 0.987. The summed E-state index contributed by atoms with van der Waals surface area (Å²) in [6.07, 6.45) is 4.31. The van der Waals surface area contributed by atoms with Crippen LogP contribution in [0.4, 0.5) is 5.82 Å². The molecule has 2 fully saturated rings. The fraction of sp³-hybridized carbons (Fsp3) is 0.444. The van der Waals surface area contributed by atoms with E-state index in [-0.39, 0.29) is 23.5 Å². The molecule has 2 saturated carbocycles. The van der Waals surface area contributed by atoms with Crippen molar-refractivity contribution in [2.45, 2.75) is 44.1 Å². The van der Waals surface area contributed by atoms with Gasteiger partial charge in [-0.25, -0.2) is 14.3 Å². The smallest absolute Gasteiger partial charge is 0.286 e. The third kappa shape index (κ3) is 3.13. The maximum absolute atomic E-state index is 12.9. The fourth-order valence-electron chi connectivity index (χ4n) is 3.13. The zero-order valence-electron chi connectivity index (χ0n) is 15.2. The highest BCUT2D eigenvalue weighted by Gasteiger charge is 2.33. The highest BCUT2D eigenvalue weighted by Crippen LogP contribution is 2.45. The van der Waals surface area contributed by atoms with E-state index >= 15 is 0 Å². The predicted molar refractivity (Wildman–Crippen MR) is 104 cm³/mol. The number of thiazole rings is 1. The van der Waals surface area contributed by atoms with Crippen LogP contribution >= 0.6 is 11.3 Å². The van der Waals surface area contributed by atoms with Crippen molar-refractivity contribution in [3.05, 3.63) is 43.5 Å². The molecule has 0 radical (unpaired) electrons. The molecule has 0 saturated heterocycles. The summed E-state index contributed by atoms with van der Waals surface area (Å²) in [4.78, 5) is 41.4. The number of aromatic nitrogens is 5. The summed E-state index contributed by atoms with van der Waals surface area (Å²) in [5.74, 6) is 0.611. The van der Waals surface area contributed by atoms with E-state index in [4.69, 9.17) is 4.98 Å². The molecule has 0 aromatic carbocycles. The van der Waals surface area contributed by atoms with Crippen molar-refractivity contribution in [1.82, 2.24) is 24.5 Å². The first-order chi connectivity index (χ1) is 13.5. The summed E-state index contributed by atoms with van der Waals surface area (Å²) < 4.78 is 2.95. The molecular weight excluding hydrogens is 380 g/mol. The molecular formula is C18H18N6O3S. The van der Waals surface area contributed by atoms with Crippen molar-refractivity contribution >= 4 is 33.3 Å². The zero-order chi connectivity index (χ0) is 19.4. The van der Waals surface area contributed by atoms with Crippen LogP contribution < -0.4 is 16.4 Å². The number of fused-ring (bicyclic) bond motifs is 1. The van der Waals surface area contributed by atoms with Gasteiger partial charge >= 0.3 is 0 Å². The molecule has 0 aliphatic heterocycles. The van der Waals surface area contributed by atoms with Crippen LogP contribution in [0.1, 0.15) is 48.2 Å². The Balaban J connectivity index is 1.47. The first-order valence-electron chi connectivity index (χ1n) is 9.25. The summed E-state index contributed by atoms with van der Waals surface area (Å²) in [6, 6.07) is 2.75. The number of aryl methyl sites for hydroxylation is 1. The van der Waals surface area contributed by atoms with Gasteiger partial charge in [-0.1, -0.05) is 0 Å². The number of hydrogen-bond acceptors (Lipinski definition) is 7. The SMILES string of the molecule is Cn1nc(NC(=O)Cn2nc(C3CC3)c3nc(C4CC4)sc3c2=O)ccc1=O. The van der Waals surface area contributed by atoms with Crippen molar-refractivity contribution in [3.8, 4) is 0 Å². The summed E-state index contributed by atoms with van der Waals surface area (Å²) >= 11 is 1.44. The number of hydrogen-bond donors (Lipinski definition) is 1. The Labute approximate surface area is 163 Å². The molecule has 5 rings (SSSR count). The van der Waals surface area contributed by atoms with Crippen LogP contribution in [0, 0.1) is 0 Å². The van der Waals surface area contributed by atoms with Crippen LogP contribution in [0.2, 0.25) is 0 Å². The topological polar surface area (TPSA) is 112 Å². The molecule has 0 atom stereocenters. The van der Waals surface area contributed by atoms with Crippen molar-refractivity contribution in [3.63, 3.8) is 0 Å². The zero-order valence-corrected chi connectivity index (χ0v) is 16.0. The monoisotopic (exact) mass is 398 g/mol. The molecule has 10 heteroatoms. The average Bonchev–Trinajstić information content (AvgIpc) is 3.58. The lowest BCUT2D eigenvalue weighted by molar-refractivity contribution is -0.117. The van der Waals surface area contributed by atoms with E-state index in [0.29, 0.717) is 16.5 Å². The lowest BCUT2D eigenvalue weighted by Gasteiger charge is -2.08. The first-order valence-corrected chi connectivity index (χ1v) is 10.1. The third-order valence-corrected chi connectivity index (χ3v) is 6.16. The van der Waals surface area contributed by atoms with E-state index in [1.54, 1.807) is 0 Å². The van der Waals surface area contributed by atoms with Gasteiger partial charge in [0.15, 0.2) is 5.82 Å². The van der Waals surface area contributed by atoms with E-state index in [1.807, 2.05) is 0 Å². The van der Waals surface area contributed by atoms with Gasteiger partial charge in [0.1, 0.15) is 16.8 Å². The second-order valence-electron chi connectivity index (χ2n) is 7.36. The largest absolute Gasteiger partial charge is 0.308 e. The van der Waals surface area contributed by atoms with E-state index in [9.17, 15) is 14.4 Å². The quantitative estimate of drug-likeness (QED) is 0.694. The number of anilines is 1. The van der Waals surface area contributed by atoms with Crippen LogP contribution in [0.5, 0.6) is 0 Å². The van der Waals surface area contributed by atoms with E-state index in [0.717, 1.165) is 46.6 Å². The van der Waals surface area contributed by atoms with Gasteiger partial charge in [-0.2, -0.15) is 10.2 Å². The van der Waals surface area contributed by atoms with Crippen LogP contribution in [-0.2, 0) is 18.4 Å². The fourth-order valence-corrected chi connectivity index (χ4v) is 4.31. The van der Waals surface area contributed by atoms with Gasteiger partial charge in [0.25, 0.3) is 11.1 Å². The van der Waals surface area contributed by atoms with Gasteiger partial charge in [-0.15, -0.1) is 11.3 Å². The van der Waals surface area contributed by atoms with Gasteiger partial charge in [0, 0.05) is 24.9 Å². The van der Waals surface area contributed by atoms with Crippen molar-refractivity contribution in [1.29, 1.82) is 0 Å². The molecule has 0 bridgehead atoms. The molecule has 0 unspecified atom stereocenters. The lowest BCUT2D eigenvalue weighted by Crippen LogP contribution is -2.31.